The van der Waals surface area contributed by atoms with Crippen LogP contribution in [-0.4, -0.2) is 48.5 Å². The molecule has 1 aromatic rings. The van der Waals surface area contributed by atoms with Gasteiger partial charge in [0.2, 0.25) is 0 Å². The number of alkyl halides is 5. The van der Waals surface area contributed by atoms with E-state index in [-0.39, 0.29) is 37.3 Å². The molecule has 0 saturated heterocycles. The van der Waals surface area contributed by atoms with Crippen molar-refractivity contribution < 1.29 is 45.8 Å². The molecule has 0 spiro atoms. The van der Waals surface area contributed by atoms with Gasteiger partial charge in [-0.3, -0.25) is 14.6 Å². The number of nitrogens with zero attached hydrogens (tertiary/aromatic N) is 1. The Labute approximate surface area is 173 Å². The zero-order valence-corrected chi connectivity index (χ0v) is 16.3. The maximum Gasteiger partial charge on any atom is 0.401 e. The molecule has 12 heteroatoms. The van der Waals surface area contributed by atoms with Crippen molar-refractivity contribution in [3.8, 4) is 0 Å². The number of amidine groups is 1. The molecular weight excluding hydrogens is 434 g/mol. The van der Waals surface area contributed by atoms with Crippen molar-refractivity contribution in [3.63, 3.8) is 0 Å². The molecule has 1 aliphatic carbocycles. The SMILES string of the molecule is C[C@]1(c2cc(CC(=O)C3(C(F)(F)F)CC3)ccc2F)N=C(N)COCC1(F)F.O=CO. The zero-order chi connectivity index (χ0) is 23.7. The number of Topliss-reactive ketones (excluding diaryl/α,β-unsaturated/α-hetero) is 1. The van der Waals surface area contributed by atoms with Gasteiger partial charge in [0.25, 0.3) is 12.4 Å². The number of ether oxygens (including phenoxy) is 1. The largest absolute Gasteiger partial charge is 0.483 e. The van der Waals surface area contributed by atoms with Crippen LogP contribution in [0.2, 0.25) is 0 Å². The Balaban J connectivity index is 0.00000107. The monoisotopic (exact) mass is 454 g/mol. The molecule has 1 atom stereocenters. The fourth-order valence-corrected chi connectivity index (χ4v) is 3.34. The number of carbonyl (C=O) groups is 2. The maximum atomic E-state index is 14.6. The molecule has 3 rings (SSSR count). The molecule has 1 aromatic carbocycles. The van der Waals surface area contributed by atoms with Crippen molar-refractivity contribution in [1.29, 1.82) is 0 Å². The molecular formula is C19H20F6N2O4. The predicted octanol–water partition coefficient (Wildman–Crippen LogP) is 3.22. The van der Waals surface area contributed by atoms with E-state index in [2.05, 4.69) is 4.99 Å². The summed E-state index contributed by atoms with van der Waals surface area (Å²) in [4.78, 5) is 24.3. The molecule has 0 amide bonds. The van der Waals surface area contributed by atoms with Crippen molar-refractivity contribution >= 4 is 18.1 Å². The van der Waals surface area contributed by atoms with Gasteiger partial charge in [-0.25, -0.2) is 13.2 Å². The van der Waals surface area contributed by atoms with E-state index in [9.17, 15) is 31.1 Å². The standard InChI is InChI=1S/C18H18F6N2O2.CH2O2/c1-15(17(20,21)9-28-8-14(25)26-15)11-6-10(2-3-12(11)19)7-13(27)16(4-5-16)18(22,23)24;2-1-3/h2-3,6H,4-5,7-9H2,1H3,(H2,25,26);1H,(H,2,3)/t15-;/m1./s1. The first-order chi connectivity index (χ1) is 14.2. The van der Waals surface area contributed by atoms with Crippen LogP contribution in [0.5, 0.6) is 0 Å². The summed E-state index contributed by atoms with van der Waals surface area (Å²) in [6.07, 6.45) is -5.94. The molecule has 2 aliphatic rings. The van der Waals surface area contributed by atoms with Gasteiger partial charge < -0.3 is 15.6 Å². The Bertz CT molecular complexity index is 883. The summed E-state index contributed by atoms with van der Waals surface area (Å²) in [7, 11) is 0. The molecule has 6 nitrogen and oxygen atoms in total. The second-order valence-electron chi connectivity index (χ2n) is 7.47. The van der Waals surface area contributed by atoms with E-state index in [0.717, 1.165) is 25.1 Å². The van der Waals surface area contributed by atoms with Crippen LogP contribution in [0.15, 0.2) is 23.2 Å². The van der Waals surface area contributed by atoms with Crippen LogP contribution in [0.1, 0.15) is 30.9 Å². The van der Waals surface area contributed by atoms with Gasteiger partial charge in [-0.2, -0.15) is 13.2 Å². The smallest absolute Gasteiger partial charge is 0.401 e. The minimum Gasteiger partial charge on any atom is -0.483 e. The number of benzene rings is 1. The number of ketones is 1. The lowest BCUT2D eigenvalue weighted by atomic mass is 9.84. The number of nitrogens with two attached hydrogens (primary N) is 1. The molecule has 1 heterocycles. The first-order valence-electron chi connectivity index (χ1n) is 9.00. The molecule has 0 unspecified atom stereocenters. The summed E-state index contributed by atoms with van der Waals surface area (Å²) in [5.74, 6) is -6.01. The summed E-state index contributed by atoms with van der Waals surface area (Å²) >= 11 is 0. The van der Waals surface area contributed by atoms with E-state index in [0.29, 0.717) is 0 Å². The van der Waals surface area contributed by atoms with Crippen LogP contribution in [0.3, 0.4) is 0 Å². The Morgan fingerprint density at radius 1 is 1.32 bits per heavy atom. The molecule has 0 aromatic heterocycles. The van der Waals surface area contributed by atoms with Gasteiger partial charge in [0.15, 0.2) is 11.3 Å². The highest BCUT2D eigenvalue weighted by Crippen LogP contribution is 2.58. The first kappa shape index (κ1) is 24.6. The zero-order valence-electron chi connectivity index (χ0n) is 16.3. The van der Waals surface area contributed by atoms with Crippen molar-refractivity contribution in [2.24, 2.45) is 16.1 Å². The van der Waals surface area contributed by atoms with Gasteiger partial charge in [-0.1, -0.05) is 6.07 Å². The van der Waals surface area contributed by atoms with Crippen LogP contribution in [0.4, 0.5) is 26.3 Å². The van der Waals surface area contributed by atoms with Gasteiger partial charge in [0, 0.05) is 12.0 Å². The lowest BCUT2D eigenvalue weighted by molar-refractivity contribution is -0.190. The molecule has 0 radical (unpaired) electrons. The third kappa shape index (κ3) is 4.68. The summed E-state index contributed by atoms with van der Waals surface area (Å²) in [5.41, 5.74) is 0.145. The van der Waals surface area contributed by atoms with Crippen LogP contribution >= 0.6 is 0 Å². The van der Waals surface area contributed by atoms with Gasteiger partial charge in [0.1, 0.15) is 30.3 Å². The van der Waals surface area contributed by atoms with E-state index in [4.69, 9.17) is 20.4 Å². The van der Waals surface area contributed by atoms with Gasteiger partial charge in [-0.05, 0) is 37.5 Å². The summed E-state index contributed by atoms with van der Waals surface area (Å²) in [6.45, 7) is -0.705. The highest BCUT2D eigenvalue weighted by Gasteiger charge is 2.67. The van der Waals surface area contributed by atoms with Crippen molar-refractivity contribution in [2.45, 2.75) is 43.8 Å². The third-order valence-corrected chi connectivity index (χ3v) is 5.36. The summed E-state index contributed by atoms with van der Waals surface area (Å²) < 4.78 is 87.8. The topological polar surface area (TPSA) is 102 Å². The second kappa shape index (κ2) is 8.48. The Kier molecular flexibility index (Phi) is 6.74. The van der Waals surface area contributed by atoms with Crippen LogP contribution in [0.25, 0.3) is 0 Å². The van der Waals surface area contributed by atoms with Gasteiger partial charge >= 0.3 is 6.18 Å². The highest BCUT2D eigenvalue weighted by atomic mass is 19.4. The Morgan fingerprint density at radius 2 is 1.90 bits per heavy atom. The fourth-order valence-electron chi connectivity index (χ4n) is 3.34. The third-order valence-electron chi connectivity index (χ3n) is 5.36. The average Bonchev–Trinajstić information content (AvgIpc) is 3.45. The number of hydrogen-bond acceptors (Lipinski definition) is 5. The Morgan fingerprint density at radius 3 is 2.42 bits per heavy atom. The van der Waals surface area contributed by atoms with Crippen molar-refractivity contribution in [1.82, 2.24) is 0 Å². The van der Waals surface area contributed by atoms with Gasteiger partial charge in [0.05, 0.1) is 0 Å². The van der Waals surface area contributed by atoms with E-state index < -0.39 is 53.2 Å². The number of hydrogen-bond donors (Lipinski definition) is 2. The second-order valence-corrected chi connectivity index (χ2v) is 7.47. The fraction of sp³-hybridized carbons (Fsp3) is 0.526. The first-order valence-corrected chi connectivity index (χ1v) is 9.00. The van der Waals surface area contributed by atoms with Crippen LogP contribution < -0.4 is 5.73 Å². The molecule has 1 saturated carbocycles. The number of carboxylic acid groups (broad SMARTS) is 1. The predicted molar refractivity (Wildman–Crippen MR) is 96.3 cm³/mol. The maximum absolute atomic E-state index is 14.6. The minimum atomic E-state index is -4.68. The number of rotatable bonds is 4. The molecule has 3 N–H and O–H groups in total. The quantitative estimate of drug-likeness (QED) is 0.538. The number of halogens is 6. The minimum absolute atomic E-state index is 0.00659. The molecule has 1 aliphatic heterocycles. The van der Waals surface area contributed by atoms with Crippen LogP contribution in [0, 0.1) is 11.2 Å². The Hall–Kier alpha value is -2.63. The van der Waals surface area contributed by atoms with Crippen molar-refractivity contribution in [2.75, 3.05) is 13.2 Å². The summed E-state index contributed by atoms with van der Waals surface area (Å²) in [6, 6.07) is 2.89. The number of aliphatic imine (C=N–C) groups is 1. The van der Waals surface area contributed by atoms with E-state index in [1.165, 1.54) is 0 Å². The normalized spacial score (nSPS) is 24.2. The lowest BCUT2D eigenvalue weighted by Crippen LogP contribution is -2.45. The molecule has 31 heavy (non-hydrogen) atoms. The highest BCUT2D eigenvalue weighted by molar-refractivity contribution is 5.90. The average molecular weight is 454 g/mol. The van der Waals surface area contributed by atoms with Crippen molar-refractivity contribution in [3.05, 3.63) is 35.1 Å². The van der Waals surface area contributed by atoms with E-state index >= 15 is 0 Å². The van der Waals surface area contributed by atoms with E-state index in [1.54, 1.807) is 0 Å². The molecule has 172 valence electrons. The molecule has 1 fully saturated rings. The van der Waals surface area contributed by atoms with E-state index in [1.807, 2.05) is 0 Å². The van der Waals surface area contributed by atoms with Crippen LogP contribution in [-0.2, 0) is 26.3 Å². The molecule has 0 bridgehead atoms. The lowest BCUT2D eigenvalue weighted by Gasteiger charge is -2.33. The number of carbonyl (C=O) groups excluding carboxylic acids is 1. The van der Waals surface area contributed by atoms with Gasteiger partial charge in [-0.15, -0.1) is 0 Å². The summed E-state index contributed by atoms with van der Waals surface area (Å²) in [5, 5.41) is 6.89.